The number of ether oxygens (including phenoxy) is 1. The third kappa shape index (κ3) is 3.01. The van der Waals surface area contributed by atoms with Gasteiger partial charge in [-0.25, -0.2) is 0 Å². The summed E-state index contributed by atoms with van der Waals surface area (Å²) in [6.07, 6.45) is 2.40. The molecule has 0 amide bonds. The van der Waals surface area contributed by atoms with Crippen molar-refractivity contribution >= 4 is 5.69 Å². The van der Waals surface area contributed by atoms with Crippen molar-refractivity contribution in [2.75, 3.05) is 44.7 Å². The molecular weight excluding hydrogens is 238 g/mol. The predicted molar refractivity (Wildman–Crippen MR) is 77.8 cm³/mol. The summed E-state index contributed by atoms with van der Waals surface area (Å²) in [7, 11) is 1.72. The minimum atomic E-state index is 0.137. The van der Waals surface area contributed by atoms with E-state index in [1.807, 2.05) is 6.07 Å². The molecule has 0 aromatic heterocycles. The number of piperazine rings is 1. The van der Waals surface area contributed by atoms with Gasteiger partial charge in [-0.2, -0.15) is 0 Å². The predicted octanol–water partition coefficient (Wildman–Crippen LogP) is 1.31. The van der Waals surface area contributed by atoms with Gasteiger partial charge in [0.2, 0.25) is 0 Å². The van der Waals surface area contributed by atoms with Crippen molar-refractivity contribution in [2.24, 2.45) is 5.73 Å². The molecule has 19 heavy (non-hydrogen) atoms. The van der Waals surface area contributed by atoms with E-state index < -0.39 is 0 Å². The molecule has 1 saturated heterocycles. The van der Waals surface area contributed by atoms with E-state index in [2.05, 4.69) is 28.0 Å². The molecule has 1 saturated carbocycles. The Bertz CT molecular complexity index is 437. The quantitative estimate of drug-likeness (QED) is 0.887. The van der Waals surface area contributed by atoms with Crippen LogP contribution in [0.15, 0.2) is 24.3 Å². The number of anilines is 1. The summed E-state index contributed by atoms with van der Waals surface area (Å²) in [6.45, 7) is 5.43. The highest BCUT2D eigenvalue weighted by atomic mass is 16.5. The van der Waals surface area contributed by atoms with E-state index in [1.165, 1.54) is 18.5 Å². The van der Waals surface area contributed by atoms with Crippen molar-refractivity contribution in [3.63, 3.8) is 0 Å². The fourth-order valence-corrected chi connectivity index (χ4v) is 2.74. The van der Waals surface area contributed by atoms with E-state index in [-0.39, 0.29) is 5.54 Å². The third-order valence-electron chi connectivity index (χ3n) is 4.22. The molecule has 2 N–H and O–H groups in total. The van der Waals surface area contributed by atoms with Crippen LogP contribution in [-0.4, -0.2) is 50.3 Å². The average molecular weight is 261 g/mol. The summed E-state index contributed by atoms with van der Waals surface area (Å²) in [4.78, 5) is 4.93. The van der Waals surface area contributed by atoms with Crippen LogP contribution in [0.25, 0.3) is 0 Å². The number of methoxy groups -OCH3 is 1. The van der Waals surface area contributed by atoms with Crippen molar-refractivity contribution < 1.29 is 4.74 Å². The van der Waals surface area contributed by atoms with Gasteiger partial charge in [-0.1, -0.05) is 6.07 Å². The summed E-state index contributed by atoms with van der Waals surface area (Å²) in [5.74, 6) is 0.929. The maximum Gasteiger partial charge on any atom is 0.120 e. The maximum atomic E-state index is 6.19. The first-order valence-corrected chi connectivity index (χ1v) is 7.09. The van der Waals surface area contributed by atoms with E-state index in [0.29, 0.717) is 0 Å². The molecule has 3 rings (SSSR count). The molecule has 1 aromatic carbocycles. The molecule has 1 heterocycles. The molecule has 2 aliphatic rings. The van der Waals surface area contributed by atoms with Gasteiger partial charge in [0, 0.05) is 50.0 Å². The number of benzene rings is 1. The molecule has 1 aliphatic heterocycles. The lowest BCUT2D eigenvalue weighted by Crippen LogP contribution is -2.50. The topological polar surface area (TPSA) is 41.7 Å². The molecule has 4 heteroatoms. The van der Waals surface area contributed by atoms with E-state index in [4.69, 9.17) is 10.5 Å². The van der Waals surface area contributed by atoms with Gasteiger partial charge in [-0.05, 0) is 25.0 Å². The van der Waals surface area contributed by atoms with Gasteiger partial charge in [0.15, 0.2) is 0 Å². The molecule has 0 bridgehead atoms. The van der Waals surface area contributed by atoms with Crippen molar-refractivity contribution in [1.82, 2.24) is 4.90 Å². The third-order valence-corrected chi connectivity index (χ3v) is 4.22. The minimum Gasteiger partial charge on any atom is -0.497 e. The van der Waals surface area contributed by atoms with Gasteiger partial charge in [0.1, 0.15) is 5.75 Å². The fourth-order valence-electron chi connectivity index (χ4n) is 2.74. The highest BCUT2D eigenvalue weighted by Crippen LogP contribution is 2.33. The normalized spacial score (nSPS) is 22.3. The molecule has 0 unspecified atom stereocenters. The zero-order valence-corrected chi connectivity index (χ0v) is 11.6. The van der Waals surface area contributed by atoms with E-state index in [1.54, 1.807) is 7.11 Å². The number of nitrogens with two attached hydrogens (primary N) is 1. The number of rotatable bonds is 4. The molecule has 0 spiro atoms. The second-order valence-corrected chi connectivity index (χ2v) is 5.83. The summed E-state index contributed by atoms with van der Waals surface area (Å²) in [6, 6.07) is 8.31. The van der Waals surface area contributed by atoms with Crippen LogP contribution < -0.4 is 15.4 Å². The Labute approximate surface area is 115 Å². The molecule has 1 aliphatic carbocycles. The SMILES string of the molecule is COc1cccc(N2CCN(CC3(N)CC3)CC2)c1. The van der Waals surface area contributed by atoms with Gasteiger partial charge < -0.3 is 15.4 Å². The van der Waals surface area contributed by atoms with E-state index in [9.17, 15) is 0 Å². The van der Waals surface area contributed by atoms with Crippen molar-refractivity contribution in [3.05, 3.63) is 24.3 Å². The van der Waals surface area contributed by atoms with Crippen LogP contribution in [0.2, 0.25) is 0 Å². The molecule has 0 atom stereocenters. The van der Waals surface area contributed by atoms with Crippen molar-refractivity contribution in [1.29, 1.82) is 0 Å². The fraction of sp³-hybridized carbons (Fsp3) is 0.600. The van der Waals surface area contributed by atoms with Crippen LogP contribution in [0.4, 0.5) is 5.69 Å². The van der Waals surface area contributed by atoms with Crippen LogP contribution in [0.3, 0.4) is 0 Å². The lowest BCUT2D eigenvalue weighted by Gasteiger charge is -2.37. The number of nitrogens with zero attached hydrogens (tertiary/aromatic N) is 2. The van der Waals surface area contributed by atoms with Crippen LogP contribution in [0.1, 0.15) is 12.8 Å². The Kier molecular flexibility index (Phi) is 3.37. The largest absolute Gasteiger partial charge is 0.497 e. The zero-order chi connectivity index (χ0) is 13.3. The summed E-state index contributed by atoms with van der Waals surface area (Å²) in [5, 5.41) is 0. The first kappa shape index (κ1) is 12.8. The number of hydrogen-bond acceptors (Lipinski definition) is 4. The first-order valence-electron chi connectivity index (χ1n) is 7.09. The second-order valence-electron chi connectivity index (χ2n) is 5.83. The van der Waals surface area contributed by atoms with Crippen LogP contribution in [0.5, 0.6) is 5.75 Å². The molecule has 0 radical (unpaired) electrons. The Hall–Kier alpha value is -1.26. The van der Waals surface area contributed by atoms with Crippen LogP contribution >= 0.6 is 0 Å². The Morgan fingerprint density at radius 1 is 1.21 bits per heavy atom. The van der Waals surface area contributed by atoms with Gasteiger partial charge in [0.05, 0.1) is 7.11 Å². The maximum absolute atomic E-state index is 6.19. The standard InChI is InChI=1S/C15H23N3O/c1-19-14-4-2-3-13(11-14)18-9-7-17(8-10-18)12-15(16)5-6-15/h2-4,11H,5-10,12,16H2,1H3. The zero-order valence-electron chi connectivity index (χ0n) is 11.6. The van der Waals surface area contributed by atoms with E-state index >= 15 is 0 Å². The summed E-state index contributed by atoms with van der Waals surface area (Å²) in [5.41, 5.74) is 7.58. The number of hydrogen-bond donors (Lipinski definition) is 1. The smallest absolute Gasteiger partial charge is 0.120 e. The van der Waals surface area contributed by atoms with Gasteiger partial charge in [0.25, 0.3) is 0 Å². The van der Waals surface area contributed by atoms with Crippen LogP contribution in [-0.2, 0) is 0 Å². The van der Waals surface area contributed by atoms with Crippen LogP contribution in [0, 0.1) is 0 Å². The molecular formula is C15H23N3O. The monoisotopic (exact) mass is 261 g/mol. The Balaban J connectivity index is 1.57. The van der Waals surface area contributed by atoms with Gasteiger partial charge in [-0.15, -0.1) is 0 Å². The lowest BCUT2D eigenvalue weighted by atomic mass is 10.2. The second kappa shape index (κ2) is 5.02. The lowest BCUT2D eigenvalue weighted by molar-refractivity contribution is 0.236. The molecule has 104 valence electrons. The van der Waals surface area contributed by atoms with E-state index in [0.717, 1.165) is 38.5 Å². The van der Waals surface area contributed by atoms with Gasteiger partial charge >= 0.3 is 0 Å². The minimum absolute atomic E-state index is 0.137. The molecule has 1 aromatic rings. The molecule has 2 fully saturated rings. The summed E-state index contributed by atoms with van der Waals surface area (Å²) >= 11 is 0. The first-order chi connectivity index (χ1) is 9.18. The van der Waals surface area contributed by atoms with Gasteiger partial charge in [-0.3, -0.25) is 4.90 Å². The highest BCUT2D eigenvalue weighted by Gasteiger charge is 2.40. The van der Waals surface area contributed by atoms with Crippen molar-refractivity contribution in [2.45, 2.75) is 18.4 Å². The van der Waals surface area contributed by atoms with Crippen molar-refractivity contribution in [3.8, 4) is 5.75 Å². The Morgan fingerprint density at radius 2 is 1.95 bits per heavy atom. The molecule has 4 nitrogen and oxygen atoms in total. The average Bonchev–Trinajstić information content (AvgIpc) is 3.17. The Morgan fingerprint density at radius 3 is 2.58 bits per heavy atom. The summed E-state index contributed by atoms with van der Waals surface area (Å²) < 4.78 is 5.29. The highest BCUT2D eigenvalue weighted by molar-refractivity contribution is 5.51.